The third-order valence-electron chi connectivity index (χ3n) is 3.81. The van der Waals surface area contributed by atoms with Crippen molar-refractivity contribution in [1.82, 2.24) is 5.43 Å². The lowest BCUT2D eigenvalue weighted by molar-refractivity contribution is 0.0952. The molecule has 25 heavy (non-hydrogen) atoms. The number of amides is 1. The quantitative estimate of drug-likeness (QED) is 0.423. The predicted octanol–water partition coefficient (Wildman–Crippen LogP) is 4.33. The Hall–Kier alpha value is -2.79. The van der Waals surface area contributed by atoms with Crippen LogP contribution < -0.4 is 10.2 Å². The molecule has 0 saturated heterocycles. The maximum atomic E-state index is 12.5. The zero-order valence-corrected chi connectivity index (χ0v) is 14.8. The smallest absolute Gasteiger partial charge is 0.275 e. The molecule has 0 atom stereocenters. The molecule has 0 spiro atoms. The van der Waals surface area contributed by atoms with Gasteiger partial charge in [0.25, 0.3) is 5.91 Å². The topological polar surface area (TPSA) is 50.7 Å². The van der Waals surface area contributed by atoms with Gasteiger partial charge < -0.3 is 4.74 Å². The van der Waals surface area contributed by atoms with Gasteiger partial charge in [0.1, 0.15) is 5.75 Å². The van der Waals surface area contributed by atoms with Crippen LogP contribution in [0, 0.1) is 0 Å². The number of methoxy groups -OCH3 is 1. The molecule has 1 amide bonds. The SMILES string of the molecule is COc1cc2ccccc2cc1C(=O)N/N=C/c1ccc(SC)cc1. The number of nitrogens with one attached hydrogen (secondary N) is 1. The molecular weight excluding hydrogens is 332 g/mol. The number of rotatable bonds is 5. The van der Waals surface area contributed by atoms with Gasteiger partial charge in [0.05, 0.1) is 18.9 Å². The van der Waals surface area contributed by atoms with Gasteiger partial charge in [0.15, 0.2) is 0 Å². The van der Waals surface area contributed by atoms with Crippen LogP contribution in [0.4, 0.5) is 0 Å². The summed E-state index contributed by atoms with van der Waals surface area (Å²) in [7, 11) is 1.55. The van der Waals surface area contributed by atoms with Gasteiger partial charge in [-0.25, -0.2) is 5.43 Å². The van der Waals surface area contributed by atoms with E-state index in [4.69, 9.17) is 4.74 Å². The van der Waals surface area contributed by atoms with Crippen LogP contribution in [-0.2, 0) is 0 Å². The van der Waals surface area contributed by atoms with Gasteiger partial charge in [-0.05, 0) is 46.9 Å². The average Bonchev–Trinajstić information content (AvgIpc) is 2.67. The second kappa shape index (κ2) is 7.85. The fourth-order valence-corrected chi connectivity index (χ4v) is 2.89. The Balaban J connectivity index is 1.78. The van der Waals surface area contributed by atoms with Crippen LogP contribution in [0.1, 0.15) is 15.9 Å². The van der Waals surface area contributed by atoms with Gasteiger partial charge in [-0.1, -0.05) is 36.4 Å². The minimum atomic E-state index is -0.306. The summed E-state index contributed by atoms with van der Waals surface area (Å²) in [4.78, 5) is 13.6. The number of hydrazone groups is 1. The molecule has 3 aromatic rings. The zero-order valence-electron chi connectivity index (χ0n) is 14.0. The third-order valence-corrected chi connectivity index (χ3v) is 4.55. The summed E-state index contributed by atoms with van der Waals surface area (Å²) >= 11 is 1.68. The van der Waals surface area contributed by atoms with Crippen LogP contribution in [0.2, 0.25) is 0 Å². The van der Waals surface area contributed by atoms with Crippen molar-refractivity contribution in [3.05, 3.63) is 71.8 Å². The molecule has 126 valence electrons. The van der Waals surface area contributed by atoms with Crippen LogP contribution in [-0.4, -0.2) is 25.5 Å². The first-order chi connectivity index (χ1) is 12.2. The van der Waals surface area contributed by atoms with Crippen molar-refractivity contribution >= 4 is 34.7 Å². The number of carbonyl (C=O) groups is 1. The molecule has 0 aromatic heterocycles. The summed E-state index contributed by atoms with van der Waals surface area (Å²) < 4.78 is 5.35. The van der Waals surface area contributed by atoms with E-state index in [1.165, 1.54) is 4.90 Å². The summed E-state index contributed by atoms with van der Waals surface area (Å²) in [5, 5.41) is 6.04. The first-order valence-corrected chi connectivity index (χ1v) is 8.98. The molecule has 0 unspecified atom stereocenters. The number of carbonyl (C=O) groups excluding carboxylic acids is 1. The number of thioether (sulfide) groups is 1. The number of benzene rings is 3. The van der Waals surface area contributed by atoms with Crippen molar-refractivity contribution in [2.75, 3.05) is 13.4 Å². The Morgan fingerprint density at radius 2 is 1.76 bits per heavy atom. The Labute approximate surface area is 150 Å². The monoisotopic (exact) mass is 350 g/mol. The predicted molar refractivity (Wildman–Crippen MR) is 104 cm³/mol. The molecule has 4 nitrogen and oxygen atoms in total. The molecule has 3 rings (SSSR count). The van der Waals surface area contributed by atoms with E-state index in [2.05, 4.69) is 10.5 Å². The minimum absolute atomic E-state index is 0.306. The first kappa shape index (κ1) is 17.0. The fourth-order valence-electron chi connectivity index (χ4n) is 2.48. The molecule has 0 aliphatic heterocycles. The van der Waals surface area contributed by atoms with Crippen molar-refractivity contribution in [2.45, 2.75) is 4.90 Å². The minimum Gasteiger partial charge on any atom is -0.496 e. The highest BCUT2D eigenvalue weighted by Crippen LogP contribution is 2.25. The van der Waals surface area contributed by atoms with Gasteiger partial charge in [-0.15, -0.1) is 11.8 Å². The van der Waals surface area contributed by atoms with Crippen LogP contribution in [0.15, 0.2) is 70.7 Å². The summed E-state index contributed by atoms with van der Waals surface area (Å²) in [6.07, 6.45) is 3.65. The van der Waals surface area contributed by atoms with Crippen molar-refractivity contribution in [3.8, 4) is 5.75 Å². The average molecular weight is 350 g/mol. The van der Waals surface area contributed by atoms with Crippen molar-refractivity contribution < 1.29 is 9.53 Å². The third kappa shape index (κ3) is 4.00. The number of nitrogens with zero attached hydrogens (tertiary/aromatic N) is 1. The van der Waals surface area contributed by atoms with Gasteiger partial charge >= 0.3 is 0 Å². The Kier molecular flexibility index (Phi) is 5.36. The molecule has 0 radical (unpaired) electrons. The molecule has 0 bridgehead atoms. The van der Waals surface area contributed by atoms with Crippen molar-refractivity contribution in [1.29, 1.82) is 0 Å². The first-order valence-electron chi connectivity index (χ1n) is 7.75. The highest BCUT2D eigenvalue weighted by atomic mass is 32.2. The molecule has 0 heterocycles. The van der Waals surface area contributed by atoms with Gasteiger partial charge in [0, 0.05) is 4.90 Å². The van der Waals surface area contributed by atoms with Crippen molar-refractivity contribution in [3.63, 3.8) is 0 Å². The van der Waals surface area contributed by atoms with E-state index >= 15 is 0 Å². The number of hydrogen-bond donors (Lipinski definition) is 1. The van der Waals surface area contributed by atoms with Crippen LogP contribution in [0.3, 0.4) is 0 Å². The van der Waals surface area contributed by atoms with Crippen LogP contribution >= 0.6 is 11.8 Å². The standard InChI is InChI=1S/C20H18N2O2S/c1-24-19-12-16-6-4-3-5-15(16)11-18(19)20(23)22-21-13-14-7-9-17(25-2)10-8-14/h3-13H,1-2H3,(H,22,23)/b21-13+. The largest absolute Gasteiger partial charge is 0.496 e. The molecule has 0 aliphatic carbocycles. The molecular formula is C20H18N2O2S. The highest BCUT2D eigenvalue weighted by molar-refractivity contribution is 7.98. The Morgan fingerprint density at radius 3 is 2.40 bits per heavy atom. The van der Waals surface area contributed by atoms with Gasteiger partial charge in [-0.3, -0.25) is 4.79 Å². The van der Waals surface area contributed by atoms with E-state index in [0.717, 1.165) is 16.3 Å². The Bertz CT molecular complexity index is 921. The molecule has 5 heteroatoms. The van der Waals surface area contributed by atoms with Crippen LogP contribution in [0.25, 0.3) is 10.8 Å². The second-order valence-electron chi connectivity index (χ2n) is 5.37. The second-order valence-corrected chi connectivity index (χ2v) is 6.25. The molecule has 1 N–H and O–H groups in total. The van der Waals surface area contributed by atoms with Gasteiger partial charge in [0.2, 0.25) is 0 Å². The number of fused-ring (bicyclic) bond motifs is 1. The normalized spacial score (nSPS) is 11.0. The van der Waals surface area contributed by atoms with E-state index in [0.29, 0.717) is 11.3 Å². The summed E-state index contributed by atoms with van der Waals surface area (Å²) in [5.41, 5.74) is 3.94. The van der Waals surface area contributed by atoms with Crippen LogP contribution in [0.5, 0.6) is 5.75 Å². The van der Waals surface area contributed by atoms with Crippen molar-refractivity contribution in [2.24, 2.45) is 5.10 Å². The summed E-state index contributed by atoms with van der Waals surface area (Å²) in [6, 6.07) is 19.4. The number of hydrogen-bond acceptors (Lipinski definition) is 4. The number of ether oxygens (including phenoxy) is 1. The lowest BCUT2D eigenvalue weighted by Crippen LogP contribution is -2.18. The van der Waals surface area contributed by atoms with E-state index in [1.54, 1.807) is 25.1 Å². The molecule has 0 aliphatic rings. The highest BCUT2D eigenvalue weighted by Gasteiger charge is 2.13. The van der Waals surface area contributed by atoms with E-state index in [9.17, 15) is 4.79 Å². The maximum absolute atomic E-state index is 12.5. The molecule has 0 fully saturated rings. The molecule has 3 aromatic carbocycles. The maximum Gasteiger partial charge on any atom is 0.275 e. The molecule has 0 saturated carbocycles. The summed E-state index contributed by atoms with van der Waals surface area (Å²) in [6.45, 7) is 0. The van der Waals surface area contributed by atoms with E-state index in [-0.39, 0.29) is 5.91 Å². The van der Waals surface area contributed by atoms with E-state index < -0.39 is 0 Å². The fraction of sp³-hybridized carbons (Fsp3) is 0.100. The summed E-state index contributed by atoms with van der Waals surface area (Å²) in [5.74, 6) is 0.218. The van der Waals surface area contributed by atoms with Gasteiger partial charge in [-0.2, -0.15) is 5.10 Å². The Morgan fingerprint density at radius 1 is 1.08 bits per heavy atom. The lowest BCUT2D eigenvalue weighted by atomic mass is 10.1. The zero-order chi connectivity index (χ0) is 17.6. The van der Waals surface area contributed by atoms with E-state index in [1.807, 2.05) is 66.9 Å². The lowest BCUT2D eigenvalue weighted by Gasteiger charge is -2.09.